The minimum atomic E-state index is 1.01. The van der Waals surface area contributed by atoms with Crippen LogP contribution in [0.1, 0.15) is 12.0 Å². The van der Waals surface area contributed by atoms with E-state index in [4.69, 9.17) is 0 Å². The van der Waals surface area contributed by atoms with Gasteiger partial charge in [-0.1, -0.05) is 18.2 Å². The fourth-order valence-electron chi connectivity index (χ4n) is 1.13. The van der Waals surface area contributed by atoms with Gasteiger partial charge in [-0.25, -0.2) is 9.97 Å². The van der Waals surface area contributed by atoms with E-state index in [1.165, 1.54) is 5.57 Å². The maximum Gasteiger partial charge on any atom is 0.115 e. The molecule has 0 saturated heterocycles. The van der Waals surface area contributed by atoms with Crippen molar-refractivity contribution in [3.05, 3.63) is 42.5 Å². The molecule has 2 heteroatoms. The second-order valence-electron chi connectivity index (χ2n) is 2.45. The second-order valence-corrected chi connectivity index (χ2v) is 2.45. The minimum absolute atomic E-state index is 1.01. The van der Waals surface area contributed by atoms with Crippen molar-refractivity contribution in [3.8, 4) is 0 Å². The summed E-state index contributed by atoms with van der Waals surface area (Å²) in [6.07, 6.45) is 12.5. The fraction of sp³-hybridized carbons (Fsp3) is 0.111. The van der Waals surface area contributed by atoms with E-state index >= 15 is 0 Å². The van der Waals surface area contributed by atoms with Gasteiger partial charge in [-0.3, -0.25) is 0 Å². The van der Waals surface area contributed by atoms with Crippen LogP contribution in [0.5, 0.6) is 0 Å². The summed E-state index contributed by atoms with van der Waals surface area (Å²) in [4.78, 5) is 7.90. The molecular formula is C9H8N2. The van der Waals surface area contributed by atoms with Crippen molar-refractivity contribution in [3.63, 3.8) is 0 Å². The monoisotopic (exact) mass is 144 g/mol. The zero-order valence-corrected chi connectivity index (χ0v) is 6.07. The molecule has 0 aromatic carbocycles. The van der Waals surface area contributed by atoms with Gasteiger partial charge >= 0.3 is 0 Å². The van der Waals surface area contributed by atoms with Crippen LogP contribution < -0.4 is 0 Å². The van der Waals surface area contributed by atoms with Crippen LogP contribution in [0.25, 0.3) is 5.57 Å². The molecule has 0 amide bonds. The summed E-state index contributed by atoms with van der Waals surface area (Å²) in [6, 6.07) is 0. The summed E-state index contributed by atoms with van der Waals surface area (Å²) in [7, 11) is 0. The van der Waals surface area contributed by atoms with Gasteiger partial charge in [0.05, 0.1) is 0 Å². The van der Waals surface area contributed by atoms with Gasteiger partial charge in [0.2, 0.25) is 0 Å². The van der Waals surface area contributed by atoms with Crippen molar-refractivity contribution in [1.29, 1.82) is 0 Å². The lowest BCUT2D eigenvalue weighted by molar-refractivity contribution is 1.15. The van der Waals surface area contributed by atoms with Crippen molar-refractivity contribution >= 4 is 5.57 Å². The van der Waals surface area contributed by atoms with Gasteiger partial charge in [-0.15, -0.1) is 0 Å². The van der Waals surface area contributed by atoms with E-state index in [9.17, 15) is 0 Å². The van der Waals surface area contributed by atoms with Crippen molar-refractivity contribution in [2.75, 3.05) is 0 Å². The highest BCUT2D eigenvalue weighted by Gasteiger charge is 2.01. The number of rotatable bonds is 1. The van der Waals surface area contributed by atoms with E-state index in [-0.39, 0.29) is 0 Å². The summed E-state index contributed by atoms with van der Waals surface area (Å²) in [5.74, 6) is 0. The molecule has 1 aliphatic rings. The zero-order chi connectivity index (χ0) is 7.52. The van der Waals surface area contributed by atoms with Gasteiger partial charge < -0.3 is 0 Å². The Morgan fingerprint density at radius 2 is 2.00 bits per heavy atom. The van der Waals surface area contributed by atoms with Crippen LogP contribution in [0.15, 0.2) is 36.9 Å². The standard InChI is InChI=1S/C9H8N2/c1-2-4-8(3-1)9-5-10-7-11-6-9/h1-3,5-7H,4H2. The first-order valence-electron chi connectivity index (χ1n) is 3.58. The quantitative estimate of drug-likeness (QED) is 0.600. The molecule has 1 aliphatic carbocycles. The molecule has 0 N–H and O–H groups in total. The number of hydrogen-bond donors (Lipinski definition) is 0. The summed E-state index contributed by atoms with van der Waals surface area (Å²) in [5, 5.41) is 0. The average molecular weight is 144 g/mol. The normalized spacial score (nSPS) is 15.1. The predicted octanol–water partition coefficient (Wildman–Crippen LogP) is 1.82. The molecule has 11 heavy (non-hydrogen) atoms. The third-order valence-corrected chi connectivity index (χ3v) is 1.70. The molecular weight excluding hydrogens is 136 g/mol. The summed E-state index contributed by atoms with van der Waals surface area (Å²) in [5.41, 5.74) is 2.42. The second kappa shape index (κ2) is 2.66. The third kappa shape index (κ3) is 1.19. The maximum atomic E-state index is 3.95. The highest BCUT2D eigenvalue weighted by molar-refractivity contribution is 5.69. The van der Waals surface area contributed by atoms with E-state index in [2.05, 4.69) is 28.2 Å². The Hall–Kier alpha value is -1.44. The lowest BCUT2D eigenvalue weighted by atomic mass is 10.1. The summed E-state index contributed by atoms with van der Waals surface area (Å²) in [6.45, 7) is 0. The Morgan fingerprint density at radius 1 is 1.18 bits per heavy atom. The van der Waals surface area contributed by atoms with Crippen LogP contribution in [0, 0.1) is 0 Å². The maximum absolute atomic E-state index is 3.95. The summed E-state index contributed by atoms with van der Waals surface area (Å²) < 4.78 is 0. The fourth-order valence-corrected chi connectivity index (χ4v) is 1.13. The molecule has 1 aromatic rings. The van der Waals surface area contributed by atoms with Crippen molar-refractivity contribution in [1.82, 2.24) is 9.97 Å². The van der Waals surface area contributed by atoms with Crippen LogP contribution in [0.4, 0.5) is 0 Å². The first kappa shape index (κ1) is 6.28. The molecule has 1 heterocycles. The Balaban J connectivity index is 2.31. The lowest BCUT2D eigenvalue weighted by Gasteiger charge is -1.97. The van der Waals surface area contributed by atoms with Gasteiger partial charge in [0, 0.05) is 18.0 Å². The van der Waals surface area contributed by atoms with Gasteiger partial charge in [-0.05, 0) is 12.0 Å². The Kier molecular flexibility index (Phi) is 1.52. The Morgan fingerprint density at radius 3 is 2.64 bits per heavy atom. The van der Waals surface area contributed by atoms with E-state index in [1.54, 1.807) is 6.33 Å². The average Bonchev–Trinajstić information content (AvgIpc) is 2.58. The minimum Gasteiger partial charge on any atom is -0.244 e. The molecule has 0 bridgehead atoms. The van der Waals surface area contributed by atoms with E-state index in [0.717, 1.165) is 12.0 Å². The van der Waals surface area contributed by atoms with Crippen molar-refractivity contribution in [2.45, 2.75) is 6.42 Å². The van der Waals surface area contributed by atoms with E-state index in [1.807, 2.05) is 12.4 Å². The van der Waals surface area contributed by atoms with Gasteiger partial charge in [0.25, 0.3) is 0 Å². The van der Waals surface area contributed by atoms with Gasteiger partial charge in [0.1, 0.15) is 6.33 Å². The molecule has 0 radical (unpaired) electrons. The molecule has 0 atom stereocenters. The van der Waals surface area contributed by atoms with Gasteiger partial charge in [0.15, 0.2) is 0 Å². The molecule has 0 unspecified atom stereocenters. The molecule has 0 spiro atoms. The molecule has 1 aromatic heterocycles. The predicted molar refractivity (Wildman–Crippen MR) is 43.8 cm³/mol. The number of nitrogens with zero attached hydrogens (tertiary/aromatic N) is 2. The smallest absolute Gasteiger partial charge is 0.115 e. The number of allylic oxidation sites excluding steroid dienone is 4. The molecule has 0 fully saturated rings. The van der Waals surface area contributed by atoms with E-state index in [0.29, 0.717) is 0 Å². The zero-order valence-electron chi connectivity index (χ0n) is 6.07. The molecule has 0 aliphatic heterocycles. The van der Waals surface area contributed by atoms with Crippen molar-refractivity contribution in [2.24, 2.45) is 0 Å². The lowest BCUT2D eigenvalue weighted by Crippen LogP contribution is -1.83. The number of aromatic nitrogens is 2. The molecule has 2 rings (SSSR count). The number of hydrogen-bond acceptors (Lipinski definition) is 2. The molecule has 2 nitrogen and oxygen atoms in total. The Bertz CT molecular complexity index is 299. The van der Waals surface area contributed by atoms with Crippen molar-refractivity contribution < 1.29 is 0 Å². The van der Waals surface area contributed by atoms with Crippen LogP contribution in [0.2, 0.25) is 0 Å². The molecule has 0 saturated carbocycles. The van der Waals surface area contributed by atoms with Crippen LogP contribution >= 0.6 is 0 Å². The topological polar surface area (TPSA) is 25.8 Å². The van der Waals surface area contributed by atoms with Crippen LogP contribution in [-0.2, 0) is 0 Å². The Labute approximate surface area is 65.3 Å². The third-order valence-electron chi connectivity index (χ3n) is 1.70. The largest absolute Gasteiger partial charge is 0.244 e. The first-order chi connectivity index (χ1) is 5.47. The SMILES string of the molecule is C1=CCC(c2cncnc2)=C1. The van der Waals surface area contributed by atoms with Gasteiger partial charge in [-0.2, -0.15) is 0 Å². The van der Waals surface area contributed by atoms with Crippen LogP contribution in [-0.4, -0.2) is 9.97 Å². The highest BCUT2D eigenvalue weighted by Crippen LogP contribution is 2.20. The highest BCUT2D eigenvalue weighted by atomic mass is 14.8. The first-order valence-corrected chi connectivity index (χ1v) is 3.58. The summed E-state index contributed by atoms with van der Waals surface area (Å²) >= 11 is 0. The van der Waals surface area contributed by atoms with E-state index < -0.39 is 0 Å². The van der Waals surface area contributed by atoms with Crippen LogP contribution in [0.3, 0.4) is 0 Å². The molecule has 54 valence electrons.